The number of aromatic nitrogens is 2. The number of hydrogen-bond acceptors (Lipinski definition) is 6. The van der Waals surface area contributed by atoms with Gasteiger partial charge in [0.1, 0.15) is 5.82 Å². The van der Waals surface area contributed by atoms with Gasteiger partial charge in [-0.1, -0.05) is 47.1 Å². The zero-order chi connectivity index (χ0) is 22.3. The molecule has 0 bridgehead atoms. The van der Waals surface area contributed by atoms with Crippen LogP contribution in [0.5, 0.6) is 0 Å². The molecule has 1 aliphatic rings. The number of nitrogens with zero attached hydrogens (tertiary/aromatic N) is 3. The normalized spacial score (nSPS) is 15.4. The highest BCUT2D eigenvalue weighted by molar-refractivity contribution is 5.76. The molecule has 1 unspecified atom stereocenters. The van der Waals surface area contributed by atoms with E-state index in [4.69, 9.17) is 9.26 Å². The van der Waals surface area contributed by atoms with Crippen LogP contribution >= 0.6 is 0 Å². The molecule has 1 fully saturated rings. The number of aryl methyl sites for hydroxylation is 2. The Morgan fingerprint density at radius 3 is 2.56 bits per heavy atom. The number of rotatable bonds is 8. The first-order valence-electron chi connectivity index (χ1n) is 10.8. The summed E-state index contributed by atoms with van der Waals surface area (Å²) >= 11 is 0. The average molecular weight is 439 g/mol. The predicted molar refractivity (Wildman–Crippen MR) is 117 cm³/mol. The van der Waals surface area contributed by atoms with Crippen LogP contribution in [-0.2, 0) is 16.0 Å². The van der Waals surface area contributed by atoms with Crippen molar-refractivity contribution in [2.45, 2.75) is 25.8 Å². The molecule has 1 amide bonds. The largest absolute Gasteiger partial charge is 0.379 e. The lowest BCUT2D eigenvalue weighted by Gasteiger charge is -2.35. The average Bonchev–Trinajstić information content (AvgIpc) is 3.29. The van der Waals surface area contributed by atoms with Crippen LogP contribution in [0.15, 0.2) is 53.1 Å². The molecule has 8 heteroatoms. The fraction of sp³-hybridized carbons (Fsp3) is 0.375. The van der Waals surface area contributed by atoms with Crippen LogP contribution in [-0.4, -0.2) is 53.8 Å². The van der Waals surface area contributed by atoms with E-state index in [9.17, 15) is 9.18 Å². The van der Waals surface area contributed by atoms with Gasteiger partial charge in [-0.3, -0.25) is 9.69 Å². The van der Waals surface area contributed by atoms with Crippen LogP contribution in [0.3, 0.4) is 0 Å². The van der Waals surface area contributed by atoms with Crippen LogP contribution in [0, 0.1) is 12.7 Å². The molecule has 1 atom stereocenters. The van der Waals surface area contributed by atoms with E-state index >= 15 is 0 Å². The van der Waals surface area contributed by atoms with E-state index in [2.05, 4.69) is 20.4 Å². The minimum absolute atomic E-state index is 0.0417. The first-order valence-corrected chi connectivity index (χ1v) is 10.8. The Morgan fingerprint density at radius 1 is 1.12 bits per heavy atom. The molecule has 0 spiro atoms. The van der Waals surface area contributed by atoms with E-state index < -0.39 is 0 Å². The maximum atomic E-state index is 13.4. The highest BCUT2D eigenvalue weighted by Gasteiger charge is 2.23. The summed E-state index contributed by atoms with van der Waals surface area (Å²) < 4.78 is 24.1. The highest BCUT2D eigenvalue weighted by atomic mass is 19.1. The van der Waals surface area contributed by atoms with E-state index in [1.54, 1.807) is 12.1 Å². The first-order chi connectivity index (χ1) is 15.6. The Bertz CT molecular complexity index is 1010. The van der Waals surface area contributed by atoms with Crippen molar-refractivity contribution in [1.29, 1.82) is 0 Å². The zero-order valence-electron chi connectivity index (χ0n) is 18.1. The van der Waals surface area contributed by atoms with Crippen LogP contribution in [0.25, 0.3) is 11.4 Å². The number of nitrogens with one attached hydrogen (secondary N) is 1. The smallest absolute Gasteiger partial charge is 0.227 e. The van der Waals surface area contributed by atoms with E-state index in [0.29, 0.717) is 37.9 Å². The number of hydrogen-bond donors (Lipinski definition) is 1. The maximum absolute atomic E-state index is 13.4. The molecule has 0 radical (unpaired) electrons. The standard InChI is InChI=1S/C24H27FN4O3/c1-17-2-4-19(5-3-17)24-27-23(32-28-24)11-10-22(30)26-16-21(29-12-14-31-15-13-29)18-6-8-20(25)9-7-18/h2-9,21H,10-16H2,1H3,(H,26,30). The number of carbonyl (C=O) groups excluding carboxylic acids is 1. The summed E-state index contributed by atoms with van der Waals surface area (Å²) in [6, 6.07) is 14.3. The number of ether oxygens (including phenoxy) is 1. The predicted octanol–water partition coefficient (Wildman–Crippen LogP) is 3.31. The van der Waals surface area contributed by atoms with Gasteiger partial charge in [-0.15, -0.1) is 0 Å². The molecule has 168 valence electrons. The highest BCUT2D eigenvalue weighted by Crippen LogP contribution is 2.22. The Hall–Kier alpha value is -3.10. The molecule has 4 rings (SSSR count). The number of morpholine rings is 1. The second-order valence-electron chi connectivity index (χ2n) is 7.90. The summed E-state index contributed by atoms with van der Waals surface area (Å²) in [5.74, 6) is 0.576. The molecule has 1 aromatic heterocycles. The molecule has 7 nitrogen and oxygen atoms in total. The molecule has 1 saturated heterocycles. The summed E-state index contributed by atoms with van der Waals surface area (Å²) in [5.41, 5.74) is 3.00. The Labute approximate surface area is 186 Å². The second-order valence-corrected chi connectivity index (χ2v) is 7.90. The van der Waals surface area contributed by atoms with Gasteiger partial charge < -0.3 is 14.6 Å². The molecule has 0 saturated carbocycles. The quantitative estimate of drug-likeness (QED) is 0.581. The van der Waals surface area contributed by atoms with Crippen molar-refractivity contribution in [1.82, 2.24) is 20.4 Å². The van der Waals surface area contributed by atoms with Crippen LogP contribution in [0.1, 0.15) is 29.5 Å². The van der Waals surface area contributed by atoms with Crippen LogP contribution < -0.4 is 5.32 Å². The minimum atomic E-state index is -0.275. The first kappa shape index (κ1) is 22.1. The lowest BCUT2D eigenvalue weighted by Crippen LogP contribution is -2.43. The van der Waals surface area contributed by atoms with E-state index in [1.807, 2.05) is 31.2 Å². The van der Waals surface area contributed by atoms with Gasteiger partial charge in [-0.2, -0.15) is 4.98 Å². The number of halogens is 1. The number of amides is 1. The van der Waals surface area contributed by atoms with E-state index in [0.717, 1.165) is 29.8 Å². The van der Waals surface area contributed by atoms with Gasteiger partial charge >= 0.3 is 0 Å². The lowest BCUT2D eigenvalue weighted by molar-refractivity contribution is -0.121. The summed E-state index contributed by atoms with van der Waals surface area (Å²) in [4.78, 5) is 19.1. The van der Waals surface area contributed by atoms with E-state index in [1.165, 1.54) is 12.1 Å². The maximum Gasteiger partial charge on any atom is 0.227 e. The molecular weight excluding hydrogens is 411 g/mol. The van der Waals surface area contributed by atoms with Crippen molar-refractivity contribution < 1.29 is 18.4 Å². The van der Waals surface area contributed by atoms with Crippen molar-refractivity contribution in [3.63, 3.8) is 0 Å². The van der Waals surface area contributed by atoms with Crippen molar-refractivity contribution in [3.8, 4) is 11.4 Å². The minimum Gasteiger partial charge on any atom is -0.379 e. The van der Waals surface area contributed by atoms with Gasteiger partial charge in [0.05, 0.1) is 19.3 Å². The third kappa shape index (κ3) is 5.77. The summed E-state index contributed by atoms with van der Waals surface area (Å²) in [6.07, 6.45) is 0.609. The molecular formula is C24H27FN4O3. The van der Waals surface area contributed by atoms with Crippen LogP contribution in [0.2, 0.25) is 0 Å². The van der Waals surface area contributed by atoms with Gasteiger partial charge in [0.25, 0.3) is 0 Å². The monoisotopic (exact) mass is 438 g/mol. The Balaban J connectivity index is 1.32. The molecule has 3 aromatic rings. The molecule has 1 aliphatic heterocycles. The third-order valence-electron chi connectivity index (χ3n) is 5.58. The Morgan fingerprint density at radius 2 is 1.84 bits per heavy atom. The summed E-state index contributed by atoms with van der Waals surface area (Å²) in [6.45, 7) is 5.27. The molecule has 32 heavy (non-hydrogen) atoms. The lowest BCUT2D eigenvalue weighted by atomic mass is 10.0. The molecule has 0 aliphatic carbocycles. The van der Waals surface area contributed by atoms with Gasteiger partial charge in [-0.25, -0.2) is 4.39 Å². The second kappa shape index (κ2) is 10.5. The van der Waals surface area contributed by atoms with Gasteiger partial charge in [0.2, 0.25) is 17.6 Å². The Kier molecular flexibility index (Phi) is 7.24. The third-order valence-corrected chi connectivity index (χ3v) is 5.58. The van der Waals surface area contributed by atoms with Crippen molar-refractivity contribution in [2.24, 2.45) is 0 Å². The molecule has 2 aromatic carbocycles. The zero-order valence-corrected chi connectivity index (χ0v) is 18.1. The topological polar surface area (TPSA) is 80.5 Å². The summed E-state index contributed by atoms with van der Waals surface area (Å²) in [5, 5.41) is 7.01. The van der Waals surface area contributed by atoms with Gasteiger partial charge in [-0.05, 0) is 24.6 Å². The fourth-order valence-corrected chi connectivity index (χ4v) is 3.73. The van der Waals surface area contributed by atoms with Gasteiger partial charge in [0, 0.05) is 38.0 Å². The molecule has 2 heterocycles. The number of carbonyl (C=O) groups is 1. The fourth-order valence-electron chi connectivity index (χ4n) is 3.73. The summed E-state index contributed by atoms with van der Waals surface area (Å²) in [7, 11) is 0. The van der Waals surface area contributed by atoms with E-state index in [-0.39, 0.29) is 24.2 Å². The van der Waals surface area contributed by atoms with Crippen LogP contribution in [0.4, 0.5) is 4.39 Å². The van der Waals surface area contributed by atoms with Crippen molar-refractivity contribution in [2.75, 3.05) is 32.8 Å². The van der Waals surface area contributed by atoms with Crippen molar-refractivity contribution in [3.05, 3.63) is 71.4 Å². The van der Waals surface area contributed by atoms with Gasteiger partial charge in [0.15, 0.2) is 0 Å². The molecule has 1 N–H and O–H groups in total. The number of benzene rings is 2. The SMILES string of the molecule is Cc1ccc(-c2noc(CCC(=O)NCC(c3ccc(F)cc3)N3CCOCC3)n2)cc1. The van der Waals surface area contributed by atoms with Crippen molar-refractivity contribution >= 4 is 5.91 Å².